The molecule has 1 aliphatic heterocycles. The minimum absolute atomic E-state index is 0.0215. The molecule has 0 amide bonds. The Bertz CT molecular complexity index is 757. The van der Waals surface area contributed by atoms with Crippen LogP contribution in [0, 0.1) is 23.6 Å². The summed E-state index contributed by atoms with van der Waals surface area (Å²) >= 11 is 3.52. The molecular formula is C20H19BrFN. The summed E-state index contributed by atoms with van der Waals surface area (Å²) in [7, 11) is 0. The number of anilines is 1. The first kappa shape index (κ1) is 14.0. The predicted molar refractivity (Wildman–Crippen MR) is 94.0 cm³/mol. The molecule has 2 aromatic carbocycles. The molecule has 5 rings (SSSR count). The Labute approximate surface area is 144 Å². The number of fused-ring (bicyclic) bond motifs is 7. The smallest absolute Gasteiger partial charge is 0.128 e. The van der Waals surface area contributed by atoms with Crippen LogP contribution in [0.5, 0.6) is 0 Å². The number of benzene rings is 2. The fraction of sp³-hybridized carbons (Fsp3) is 0.400. The van der Waals surface area contributed by atoms with Crippen LogP contribution in [0.1, 0.15) is 42.3 Å². The van der Waals surface area contributed by atoms with Crippen molar-refractivity contribution in [1.82, 2.24) is 0 Å². The third kappa shape index (κ3) is 2.02. The molecule has 5 atom stereocenters. The first-order valence-electron chi connectivity index (χ1n) is 8.53. The topological polar surface area (TPSA) is 12.0 Å². The molecule has 23 heavy (non-hydrogen) atoms. The van der Waals surface area contributed by atoms with Gasteiger partial charge in [0, 0.05) is 15.7 Å². The molecule has 2 aromatic rings. The largest absolute Gasteiger partial charge is 0.378 e. The van der Waals surface area contributed by atoms with E-state index in [0.29, 0.717) is 23.8 Å². The Morgan fingerprint density at radius 2 is 1.78 bits per heavy atom. The van der Waals surface area contributed by atoms with Crippen molar-refractivity contribution in [3.63, 3.8) is 0 Å². The second-order valence-corrected chi connectivity index (χ2v) is 8.23. The van der Waals surface area contributed by atoms with Crippen molar-refractivity contribution in [2.24, 2.45) is 17.8 Å². The first-order valence-corrected chi connectivity index (χ1v) is 9.32. The van der Waals surface area contributed by atoms with Crippen molar-refractivity contribution in [2.45, 2.75) is 31.2 Å². The zero-order chi connectivity index (χ0) is 15.6. The molecule has 1 nitrogen and oxygen atoms in total. The minimum Gasteiger partial charge on any atom is -0.378 e. The maximum atomic E-state index is 14.6. The molecular weight excluding hydrogens is 353 g/mol. The minimum atomic E-state index is -0.0215. The molecule has 2 saturated carbocycles. The van der Waals surface area contributed by atoms with Gasteiger partial charge >= 0.3 is 0 Å². The van der Waals surface area contributed by atoms with Crippen LogP contribution < -0.4 is 5.32 Å². The van der Waals surface area contributed by atoms with Crippen LogP contribution in [0.2, 0.25) is 0 Å². The van der Waals surface area contributed by atoms with Crippen LogP contribution in [-0.4, -0.2) is 0 Å². The molecule has 0 aromatic heterocycles. The average Bonchev–Trinajstić information content (AvgIpc) is 3.17. The summed E-state index contributed by atoms with van der Waals surface area (Å²) in [5.74, 6) is 2.30. The normalized spacial score (nSPS) is 33.9. The number of nitrogens with one attached hydrogen (secondary N) is 1. The Kier molecular flexibility index (Phi) is 3.09. The molecule has 3 heteroatoms. The van der Waals surface area contributed by atoms with E-state index in [9.17, 15) is 4.39 Å². The summed E-state index contributed by atoms with van der Waals surface area (Å²) in [4.78, 5) is 0. The lowest BCUT2D eigenvalue weighted by Crippen LogP contribution is -2.36. The SMILES string of the molecule is Fc1cccc2c1[C@H]1[C@@H]3CC[C@@H](C3)[C@H]1[C@H](c1ccc(Br)cc1)N2. The van der Waals surface area contributed by atoms with E-state index in [1.54, 1.807) is 6.07 Å². The zero-order valence-corrected chi connectivity index (χ0v) is 14.4. The molecule has 2 fully saturated rings. The van der Waals surface area contributed by atoms with Gasteiger partial charge in [0.2, 0.25) is 0 Å². The molecule has 3 aliphatic rings. The van der Waals surface area contributed by atoms with Crippen molar-refractivity contribution in [3.8, 4) is 0 Å². The standard InChI is InChI=1S/C20H19BrFN/c21-14-8-6-11(7-9-14)20-18-13-5-4-12(10-13)17(18)19-15(22)2-1-3-16(19)23-20/h1-3,6-9,12-13,17-18,20,23H,4-5,10H2/t12-,13+,17+,18-,20+/m1/s1. The molecule has 2 bridgehead atoms. The van der Waals surface area contributed by atoms with Gasteiger partial charge in [-0.05, 0) is 72.8 Å². The van der Waals surface area contributed by atoms with Crippen LogP contribution in [0.3, 0.4) is 0 Å². The molecule has 0 radical (unpaired) electrons. The van der Waals surface area contributed by atoms with Crippen molar-refractivity contribution in [2.75, 3.05) is 5.32 Å². The Balaban J connectivity index is 1.65. The Morgan fingerprint density at radius 3 is 2.61 bits per heavy atom. The van der Waals surface area contributed by atoms with E-state index in [0.717, 1.165) is 21.6 Å². The fourth-order valence-corrected chi connectivity index (χ4v) is 5.75. The second kappa shape index (κ2) is 5.07. The lowest BCUT2D eigenvalue weighted by atomic mass is 9.68. The number of hydrogen-bond acceptors (Lipinski definition) is 1. The lowest BCUT2D eigenvalue weighted by Gasteiger charge is -2.43. The van der Waals surface area contributed by atoms with Gasteiger partial charge in [0.25, 0.3) is 0 Å². The highest BCUT2D eigenvalue weighted by atomic mass is 79.9. The van der Waals surface area contributed by atoms with Gasteiger partial charge in [-0.15, -0.1) is 0 Å². The highest BCUT2D eigenvalue weighted by Gasteiger charge is 2.54. The Morgan fingerprint density at radius 1 is 1.00 bits per heavy atom. The van der Waals surface area contributed by atoms with Gasteiger partial charge in [0.05, 0.1) is 6.04 Å². The summed E-state index contributed by atoms with van der Waals surface area (Å²) in [6.07, 6.45) is 3.86. The van der Waals surface area contributed by atoms with Crippen LogP contribution in [0.25, 0.3) is 0 Å². The van der Waals surface area contributed by atoms with Gasteiger partial charge in [-0.25, -0.2) is 4.39 Å². The summed E-state index contributed by atoms with van der Waals surface area (Å²) < 4.78 is 15.7. The Hall–Kier alpha value is -1.35. The van der Waals surface area contributed by atoms with E-state index in [2.05, 4.69) is 45.5 Å². The summed E-state index contributed by atoms with van der Waals surface area (Å²) in [5.41, 5.74) is 3.29. The molecule has 118 valence electrons. The maximum Gasteiger partial charge on any atom is 0.128 e. The molecule has 2 aliphatic carbocycles. The van der Waals surface area contributed by atoms with E-state index in [4.69, 9.17) is 0 Å². The number of rotatable bonds is 1. The summed E-state index contributed by atoms with van der Waals surface area (Å²) in [6, 6.07) is 14.4. The van der Waals surface area contributed by atoms with E-state index in [1.807, 2.05) is 12.1 Å². The van der Waals surface area contributed by atoms with E-state index in [-0.39, 0.29) is 5.82 Å². The van der Waals surface area contributed by atoms with Gasteiger partial charge in [0.1, 0.15) is 5.82 Å². The highest BCUT2D eigenvalue weighted by molar-refractivity contribution is 9.10. The molecule has 1 N–H and O–H groups in total. The predicted octanol–water partition coefficient (Wildman–Crippen LogP) is 5.88. The van der Waals surface area contributed by atoms with Crippen molar-refractivity contribution in [3.05, 3.63) is 63.9 Å². The third-order valence-electron chi connectivity index (χ3n) is 6.29. The number of hydrogen-bond donors (Lipinski definition) is 1. The van der Waals surface area contributed by atoms with Crippen LogP contribution in [-0.2, 0) is 0 Å². The average molecular weight is 372 g/mol. The van der Waals surface area contributed by atoms with E-state index < -0.39 is 0 Å². The molecule has 0 unspecified atom stereocenters. The van der Waals surface area contributed by atoms with Gasteiger partial charge in [-0.3, -0.25) is 0 Å². The van der Waals surface area contributed by atoms with Gasteiger partial charge in [0.15, 0.2) is 0 Å². The molecule has 0 saturated heterocycles. The van der Waals surface area contributed by atoms with Crippen LogP contribution in [0.15, 0.2) is 46.9 Å². The number of halogens is 2. The lowest BCUT2D eigenvalue weighted by molar-refractivity contribution is 0.243. The van der Waals surface area contributed by atoms with Crippen LogP contribution in [0.4, 0.5) is 10.1 Å². The molecule has 0 spiro atoms. The van der Waals surface area contributed by atoms with E-state index in [1.165, 1.54) is 24.8 Å². The monoisotopic (exact) mass is 371 g/mol. The fourth-order valence-electron chi connectivity index (χ4n) is 5.48. The third-order valence-corrected chi connectivity index (χ3v) is 6.82. The van der Waals surface area contributed by atoms with Gasteiger partial charge in [-0.1, -0.05) is 34.1 Å². The van der Waals surface area contributed by atoms with E-state index >= 15 is 0 Å². The van der Waals surface area contributed by atoms with Crippen LogP contribution >= 0.6 is 15.9 Å². The zero-order valence-electron chi connectivity index (χ0n) is 12.8. The van der Waals surface area contributed by atoms with Gasteiger partial charge < -0.3 is 5.32 Å². The van der Waals surface area contributed by atoms with Gasteiger partial charge in [-0.2, -0.15) is 0 Å². The summed E-state index contributed by atoms with van der Waals surface area (Å²) in [5, 5.41) is 3.67. The second-order valence-electron chi connectivity index (χ2n) is 7.31. The molecule has 1 heterocycles. The van der Waals surface area contributed by atoms with Crippen molar-refractivity contribution < 1.29 is 4.39 Å². The van der Waals surface area contributed by atoms with Crippen molar-refractivity contribution >= 4 is 21.6 Å². The quantitative estimate of drug-likeness (QED) is 0.659. The summed E-state index contributed by atoms with van der Waals surface area (Å²) in [6.45, 7) is 0. The maximum absolute atomic E-state index is 14.6. The highest BCUT2D eigenvalue weighted by Crippen LogP contribution is 2.64. The first-order chi connectivity index (χ1) is 11.2. The van der Waals surface area contributed by atoms with Crippen molar-refractivity contribution in [1.29, 1.82) is 0 Å².